The zero-order valence-electron chi connectivity index (χ0n) is 13.3. The molecule has 0 saturated carbocycles. The number of aromatic nitrogens is 2. The van der Waals surface area contributed by atoms with Gasteiger partial charge in [0.05, 0.1) is 5.69 Å². The predicted octanol–water partition coefficient (Wildman–Crippen LogP) is 1.62. The third kappa shape index (κ3) is 3.92. The third-order valence-electron chi connectivity index (χ3n) is 3.46. The van der Waals surface area contributed by atoms with E-state index < -0.39 is 12.0 Å². The average molecular weight is 357 g/mol. The molecule has 0 spiro atoms. The molecule has 1 amide bonds. The number of carbonyl (C=O) groups excluding carboxylic acids is 2. The quantitative estimate of drug-likeness (QED) is 0.701. The summed E-state index contributed by atoms with van der Waals surface area (Å²) < 4.78 is 6.56. The van der Waals surface area contributed by atoms with Crippen LogP contribution < -0.4 is 10.9 Å². The lowest BCUT2D eigenvalue weighted by Crippen LogP contribution is -2.39. The van der Waals surface area contributed by atoms with Crippen molar-refractivity contribution in [2.75, 3.05) is 0 Å². The molecule has 0 fully saturated rings. The van der Waals surface area contributed by atoms with Gasteiger partial charge in [0, 0.05) is 23.2 Å². The van der Waals surface area contributed by atoms with E-state index in [2.05, 4.69) is 10.3 Å². The Kier molecular flexibility index (Phi) is 4.90. The van der Waals surface area contributed by atoms with Crippen LogP contribution in [0.3, 0.4) is 0 Å². The van der Waals surface area contributed by atoms with Gasteiger partial charge in [-0.25, -0.2) is 9.78 Å². The highest BCUT2D eigenvalue weighted by Crippen LogP contribution is 2.07. The minimum absolute atomic E-state index is 0.131. The molecule has 7 nitrogen and oxygen atoms in total. The maximum Gasteiger partial charge on any atom is 0.328 e. The van der Waals surface area contributed by atoms with E-state index >= 15 is 0 Å². The largest absolute Gasteiger partial charge is 0.458 e. The summed E-state index contributed by atoms with van der Waals surface area (Å²) in [6.07, 6.45) is 1.63. The Labute approximate surface area is 146 Å². The highest BCUT2D eigenvalue weighted by Gasteiger charge is 2.18. The summed E-state index contributed by atoms with van der Waals surface area (Å²) in [6, 6.07) is 9.08. The SMILES string of the molecule is CC(NC(=O)c1ccccc1)C(=O)OCc1cc(=O)n2ccsc2n1. The van der Waals surface area contributed by atoms with Gasteiger partial charge in [0.15, 0.2) is 4.96 Å². The Balaban J connectivity index is 1.59. The number of nitrogens with zero attached hydrogens (tertiary/aromatic N) is 2. The second-order valence-electron chi connectivity index (χ2n) is 5.31. The number of esters is 1. The number of hydrogen-bond acceptors (Lipinski definition) is 6. The number of benzene rings is 1. The van der Waals surface area contributed by atoms with E-state index in [1.54, 1.807) is 41.9 Å². The van der Waals surface area contributed by atoms with Crippen LogP contribution in [0.15, 0.2) is 52.8 Å². The minimum atomic E-state index is -0.820. The first kappa shape index (κ1) is 16.8. The Hall–Kier alpha value is -3.00. The second-order valence-corrected chi connectivity index (χ2v) is 6.18. The molecule has 0 aliphatic heterocycles. The van der Waals surface area contributed by atoms with E-state index in [-0.39, 0.29) is 18.1 Å². The average Bonchev–Trinajstić information content (AvgIpc) is 3.09. The third-order valence-corrected chi connectivity index (χ3v) is 4.21. The molecule has 0 aliphatic carbocycles. The molecular weight excluding hydrogens is 342 g/mol. The number of hydrogen-bond donors (Lipinski definition) is 1. The predicted molar refractivity (Wildman–Crippen MR) is 92.5 cm³/mol. The summed E-state index contributed by atoms with van der Waals surface area (Å²) in [6.45, 7) is 1.40. The van der Waals surface area contributed by atoms with Crippen LogP contribution in [0.25, 0.3) is 4.96 Å². The van der Waals surface area contributed by atoms with Gasteiger partial charge in [0.2, 0.25) is 0 Å². The van der Waals surface area contributed by atoms with Crippen LogP contribution >= 0.6 is 11.3 Å². The molecule has 25 heavy (non-hydrogen) atoms. The lowest BCUT2D eigenvalue weighted by Gasteiger charge is -2.13. The van der Waals surface area contributed by atoms with Gasteiger partial charge in [0.25, 0.3) is 11.5 Å². The van der Waals surface area contributed by atoms with E-state index in [0.29, 0.717) is 16.2 Å². The van der Waals surface area contributed by atoms with Crippen molar-refractivity contribution in [1.82, 2.24) is 14.7 Å². The molecule has 1 unspecified atom stereocenters. The zero-order chi connectivity index (χ0) is 17.8. The van der Waals surface area contributed by atoms with Crippen LogP contribution in [-0.2, 0) is 16.1 Å². The van der Waals surface area contributed by atoms with Crippen molar-refractivity contribution in [2.45, 2.75) is 19.6 Å². The lowest BCUT2D eigenvalue weighted by molar-refractivity contribution is -0.146. The maximum atomic E-state index is 12.0. The number of carbonyl (C=O) groups is 2. The molecule has 3 aromatic rings. The highest BCUT2D eigenvalue weighted by molar-refractivity contribution is 7.15. The highest BCUT2D eigenvalue weighted by atomic mass is 32.1. The van der Waals surface area contributed by atoms with Gasteiger partial charge >= 0.3 is 5.97 Å². The normalized spacial score (nSPS) is 11.9. The summed E-state index contributed by atoms with van der Waals surface area (Å²) in [4.78, 5) is 40.7. The number of ether oxygens (including phenoxy) is 1. The van der Waals surface area contributed by atoms with Gasteiger partial charge in [-0.1, -0.05) is 18.2 Å². The van der Waals surface area contributed by atoms with Crippen molar-refractivity contribution in [3.8, 4) is 0 Å². The van der Waals surface area contributed by atoms with Gasteiger partial charge in [-0.05, 0) is 19.1 Å². The van der Waals surface area contributed by atoms with E-state index in [1.807, 2.05) is 0 Å². The molecule has 3 rings (SSSR count). The molecule has 2 aromatic heterocycles. The minimum Gasteiger partial charge on any atom is -0.458 e. The van der Waals surface area contributed by atoms with Crippen LogP contribution in [0, 0.1) is 0 Å². The fraction of sp³-hybridized carbons (Fsp3) is 0.176. The molecule has 0 saturated heterocycles. The number of amides is 1. The fourth-order valence-corrected chi connectivity index (χ4v) is 2.90. The first-order valence-electron chi connectivity index (χ1n) is 7.53. The summed E-state index contributed by atoms with van der Waals surface area (Å²) in [5, 5.41) is 4.32. The zero-order valence-corrected chi connectivity index (χ0v) is 14.2. The number of rotatable bonds is 5. The van der Waals surface area contributed by atoms with Gasteiger partial charge in [-0.2, -0.15) is 0 Å². The molecule has 2 heterocycles. The van der Waals surface area contributed by atoms with Crippen LogP contribution in [0.2, 0.25) is 0 Å². The summed E-state index contributed by atoms with van der Waals surface area (Å²) in [7, 11) is 0. The Morgan fingerprint density at radius 3 is 2.84 bits per heavy atom. The Bertz CT molecular complexity index is 965. The van der Waals surface area contributed by atoms with Crippen LogP contribution in [0.5, 0.6) is 0 Å². The smallest absolute Gasteiger partial charge is 0.328 e. The van der Waals surface area contributed by atoms with Crippen molar-refractivity contribution >= 4 is 28.2 Å². The molecule has 0 bridgehead atoms. The van der Waals surface area contributed by atoms with Crippen molar-refractivity contribution in [3.05, 3.63) is 69.6 Å². The molecule has 1 aromatic carbocycles. The second kappa shape index (κ2) is 7.27. The number of thiazole rings is 1. The maximum absolute atomic E-state index is 12.0. The Morgan fingerprint density at radius 1 is 1.32 bits per heavy atom. The fourth-order valence-electron chi connectivity index (χ4n) is 2.16. The molecule has 0 radical (unpaired) electrons. The van der Waals surface area contributed by atoms with E-state index in [9.17, 15) is 14.4 Å². The molecule has 8 heteroatoms. The monoisotopic (exact) mass is 357 g/mol. The molecule has 0 aliphatic rings. The van der Waals surface area contributed by atoms with Gasteiger partial charge in [0.1, 0.15) is 12.6 Å². The molecule has 1 N–H and O–H groups in total. The molecular formula is C17H15N3O4S. The van der Waals surface area contributed by atoms with E-state index in [4.69, 9.17) is 4.74 Å². The van der Waals surface area contributed by atoms with Crippen LogP contribution in [-0.4, -0.2) is 27.3 Å². The first-order chi connectivity index (χ1) is 12.0. The summed E-state index contributed by atoms with van der Waals surface area (Å²) in [5.41, 5.74) is 0.588. The van der Waals surface area contributed by atoms with Crippen molar-refractivity contribution in [1.29, 1.82) is 0 Å². The van der Waals surface area contributed by atoms with Gasteiger partial charge in [-0.15, -0.1) is 11.3 Å². The van der Waals surface area contributed by atoms with E-state index in [0.717, 1.165) is 0 Å². The topological polar surface area (TPSA) is 89.8 Å². The Morgan fingerprint density at radius 2 is 2.08 bits per heavy atom. The molecule has 1 atom stereocenters. The van der Waals surface area contributed by atoms with E-state index in [1.165, 1.54) is 28.7 Å². The first-order valence-corrected chi connectivity index (χ1v) is 8.41. The van der Waals surface area contributed by atoms with Crippen LogP contribution in [0.1, 0.15) is 23.0 Å². The van der Waals surface area contributed by atoms with Gasteiger partial charge in [-0.3, -0.25) is 14.0 Å². The summed E-state index contributed by atoms with van der Waals surface area (Å²) in [5.74, 6) is -0.959. The van der Waals surface area contributed by atoms with Crippen LogP contribution in [0.4, 0.5) is 0 Å². The standard InChI is InChI=1S/C17H15N3O4S/c1-11(18-15(22)12-5-3-2-4-6-12)16(23)24-10-13-9-14(21)20-7-8-25-17(20)19-13/h2-9,11H,10H2,1H3,(H,18,22). The lowest BCUT2D eigenvalue weighted by atomic mass is 10.2. The summed E-state index contributed by atoms with van der Waals surface area (Å²) >= 11 is 1.32. The van der Waals surface area contributed by atoms with Crippen molar-refractivity contribution < 1.29 is 14.3 Å². The molecule has 128 valence electrons. The van der Waals surface area contributed by atoms with Gasteiger partial charge < -0.3 is 10.1 Å². The van der Waals surface area contributed by atoms with Crippen molar-refractivity contribution in [2.24, 2.45) is 0 Å². The number of fused-ring (bicyclic) bond motifs is 1. The van der Waals surface area contributed by atoms with Crippen molar-refractivity contribution in [3.63, 3.8) is 0 Å². The number of nitrogens with one attached hydrogen (secondary N) is 1.